The number of halogens is 1. The molecular weight excluding hydrogens is 461 g/mol. The van der Waals surface area contributed by atoms with Gasteiger partial charge in [0, 0.05) is 32.0 Å². The molecule has 3 aromatic rings. The first kappa shape index (κ1) is 26.0. The maximum absolute atomic E-state index is 13.9. The van der Waals surface area contributed by atoms with Gasteiger partial charge in [0.2, 0.25) is 0 Å². The Kier molecular flexibility index (Phi) is 8.83. The Morgan fingerprint density at radius 1 is 1.06 bits per heavy atom. The minimum absolute atomic E-state index is 0.0854. The lowest BCUT2D eigenvalue weighted by atomic mass is 9.96. The van der Waals surface area contributed by atoms with E-state index in [4.69, 9.17) is 14.2 Å². The first-order chi connectivity index (χ1) is 17.5. The quantitative estimate of drug-likeness (QED) is 0.391. The van der Waals surface area contributed by atoms with Crippen LogP contribution in [0.25, 0.3) is 0 Å². The molecule has 1 N–H and O–H groups in total. The predicted molar refractivity (Wildman–Crippen MR) is 136 cm³/mol. The van der Waals surface area contributed by atoms with Gasteiger partial charge in [0.1, 0.15) is 12.4 Å². The molecule has 0 amide bonds. The highest BCUT2D eigenvalue weighted by Crippen LogP contribution is 2.30. The average molecular weight is 498 g/mol. The number of benzene rings is 2. The van der Waals surface area contributed by atoms with Crippen LogP contribution in [0, 0.1) is 12.7 Å². The maximum Gasteiger partial charge on any atom is 0.165 e. The van der Waals surface area contributed by atoms with Crippen LogP contribution in [0.4, 0.5) is 4.39 Å². The number of likely N-dealkylation sites (tertiary alicyclic amines) is 1. The molecule has 1 fully saturated rings. The summed E-state index contributed by atoms with van der Waals surface area (Å²) >= 11 is 0. The zero-order valence-electron chi connectivity index (χ0n) is 21.2. The number of para-hydroxylation sites is 1. The number of hydrogen-bond acceptors (Lipinski definition) is 6. The second-order valence-electron chi connectivity index (χ2n) is 9.43. The maximum atomic E-state index is 13.9. The van der Waals surface area contributed by atoms with E-state index in [-0.39, 0.29) is 12.4 Å². The molecule has 0 unspecified atom stereocenters. The molecule has 194 valence electrons. The third-order valence-corrected chi connectivity index (χ3v) is 6.70. The summed E-state index contributed by atoms with van der Waals surface area (Å²) in [6, 6.07) is 12.4. The van der Waals surface area contributed by atoms with Crippen LogP contribution in [0.3, 0.4) is 0 Å². The van der Waals surface area contributed by atoms with Crippen molar-refractivity contribution in [1.29, 1.82) is 0 Å². The minimum Gasteiger partial charge on any atom is -0.493 e. The Morgan fingerprint density at radius 2 is 1.92 bits per heavy atom. The molecule has 0 spiro atoms. The molecule has 36 heavy (non-hydrogen) atoms. The first-order valence-electron chi connectivity index (χ1n) is 12.6. The molecule has 0 saturated carbocycles. The van der Waals surface area contributed by atoms with Crippen molar-refractivity contribution in [1.82, 2.24) is 14.5 Å². The highest BCUT2D eigenvalue weighted by molar-refractivity contribution is 5.43. The molecule has 8 heteroatoms. The highest BCUT2D eigenvalue weighted by atomic mass is 19.1. The van der Waals surface area contributed by atoms with Crippen molar-refractivity contribution in [3.63, 3.8) is 0 Å². The lowest BCUT2D eigenvalue weighted by Crippen LogP contribution is -2.37. The van der Waals surface area contributed by atoms with Crippen molar-refractivity contribution in [2.24, 2.45) is 0 Å². The SMILES string of the molecule is COc1cc(CN2CCC[C@](O)(COc3ccccc3F)CC2)ccc1OCCCn1ccnc1C. The van der Waals surface area contributed by atoms with Crippen molar-refractivity contribution in [2.75, 3.05) is 33.4 Å². The molecule has 4 rings (SSSR count). The van der Waals surface area contributed by atoms with Gasteiger partial charge in [0.25, 0.3) is 0 Å². The number of methoxy groups -OCH3 is 1. The number of rotatable bonds is 11. The van der Waals surface area contributed by atoms with Gasteiger partial charge in [-0.2, -0.15) is 0 Å². The van der Waals surface area contributed by atoms with Crippen molar-refractivity contribution in [3.05, 3.63) is 72.1 Å². The normalized spacial score (nSPS) is 18.6. The molecule has 0 aliphatic carbocycles. The topological polar surface area (TPSA) is 69.0 Å². The Morgan fingerprint density at radius 3 is 2.69 bits per heavy atom. The number of hydrogen-bond donors (Lipinski definition) is 1. The average Bonchev–Trinajstić information content (AvgIpc) is 3.20. The fraction of sp³-hybridized carbons (Fsp3) is 0.464. The van der Waals surface area contributed by atoms with Gasteiger partial charge in [-0.1, -0.05) is 18.2 Å². The van der Waals surface area contributed by atoms with E-state index in [1.165, 1.54) is 6.07 Å². The fourth-order valence-corrected chi connectivity index (χ4v) is 4.56. The molecule has 1 saturated heterocycles. The van der Waals surface area contributed by atoms with E-state index in [1.54, 1.807) is 25.3 Å². The molecule has 1 aliphatic heterocycles. The molecule has 7 nitrogen and oxygen atoms in total. The molecule has 2 heterocycles. The Labute approximate surface area is 212 Å². The number of imidazole rings is 1. The molecular formula is C28H36FN3O4. The van der Waals surface area contributed by atoms with Crippen molar-refractivity contribution in [3.8, 4) is 17.2 Å². The second kappa shape index (κ2) is 12.2. The summed E-state index contributed by atoms with van der Waals surface area (Å²) in [6.45, 7) is 5.88. The van der Waals surface area contributed by atoms with Gasteiger partial charge in [-0.05, 0) is 69.0 Å². The Balaban J connectivity index is 1.27. The largest absolute Gasteiger partial charge is 0.493 e. The summed E-state index contributed by atoms with van der Waals surface area (Å²) < 4.78 is 33.2. The van der Waals surface area contributed by atoms with E-state index in [0.717, 1.165) is 61.9 Å². The summed E-state index contributed by atoms with van der Waals surface area (Å²) in [5, 5.41) is 11.1. The summed E-state index contributed by atoms with van der Waals surface area (Å²) in [5.74, 6) is 2.22. The first-order valence-corrected chi connectivity index (χ1v) is 12.6. The smallest absolute Gasteiger partial charge is 0.165 e. The molecule has 2 aromatic carbocycles. The van der Waals surface area contributed by atoms with Crippen LogP contribution in [0.15, 0.2) is 54.9 Å². The molecule has 1 aliphatic rings. The summed E-state index contributed by atoms with van der Waals surface area (Å²) in [6.07, 6.45) is 6.68. The number of aliphatic hydroxyl groups is 1. The van der Waals surface area contributed by atoms with Crippen molar-refractivity contribution < 1.29 is 23.7 Å². The van der Waals surface area contributed by atoms with Gasteiger partial charge in [0.05, 0.1) is 19.3 Å². The minimum atomic E-state index is -0.971. The van der Waals surface area contributed by atoms with E-state index in [0.29, 0.717) is 19.4 Å². The third kappa shape index (κ3) is 6.98. The third-order valence-electron chi connectivity index (χ3n) is 6.70. The monoisotopic (exact) mass is 497 g/mol. The van der Waals surface area contributed by atoms with E-state index >= 15 is 0 Å². The zero-order valence-corrected chi connectivity index (χ0v) is 21.2. The summed E-state index contributed by atoms with van der Waals surface area (Å²) in [7, 11) is 1.66. The Bertz CT molecular complexity index is 1120. The van der Waals surface area contributed by atoms with Crippen molar-refractivity contribution >= 4 is 0 Å². The Hall–Kier alpha value is -3.10. The van der Waals surface area contributed by atoms with Gasteiger partial charge in [-0.3, -0.25) is 4.90 Å². The predicted octanol–water partition coefficient (Wildman–Crippen LogP) is 4.60. The van der Waals surface area contributed by atoms with Crippen LogP contribution in [-0.2, 0) is 13.1 Å². The van der Waals surface area contributed by atoms with Gasteiger partial charge in [0.15, 0.2) is 23.1 Å². The molecule has 0 radical (unpaired) electrons. The van der Waals surface area contributed by atoms with E-state index in [9.17, 15) is 9.50 Å². The van der Waals surface area contributed by atoms with Gasteiger partial charge in [-0.25, -0.2) is 9.37 Å². The van der Waals surface area contributed by atoms with Gasteiger partial charge < -0.3 is 23.9 Å². The van der Waals surface area contributed by atoms with Crippen molar-refractivity contribution in [2.45, 2.75) is 51.3 Å². The van der Waals surface area contributed by atoms with Crippen LogP contribution >= 0.6 is 0 Å². The summed E-state index contributed by atoms with van der Waals surface area (Å²) in [5.41, 5.74) is 0.156. The highest BCUT2D eigenvalue weighted by Gasteiger charge is 2.31. The number of ether oxygens (including phenoxy) is 3. The summed E-state index contributed by atoms with van der Waals surface area (Å²) in [4.78, 5) is 6.56. The van der Waals surface area contributed by atoms with Crippen LogP contribution < -0.4 is 14.2 Å². The second-order valence-corrected chi connectivity index (χ2v) is 9.43. The van der Waals surface area contributed by atoms with Crippen LogP contribution in [0.5, 0.6) is 17.2 Å². The number of aryl methyl sites for hydroxylation is 2. The number of aromatic nitrogens is 2. The fourth-order valence-electron chi connectivity index (χ4n) is 4.56. The molecule has 0 bridgehead atoms. The van der Waals surface area contributed by atoms with Crippen LogP contribution in [-0.4, -0.2) is 58.6 Å². The van der Waals surface area contributed by atoms with Gasteiger partial charge in [-0.15, -0.1) is 0 Å². The zero-order chi connectivity index (χ0) is 25.4. The van der Waals surface area contributed by atoms with E-state index in [1.807, 2.05) is 31.5 Å². The van der Waals surface area contributed by atoms with Crippen LogP contribution in [0.2, 0.25) is 0 Å². The molecule has 1 aromatic heterocycles. The number of nitrogens with zero attached hydrogens (tertiary/aromatic N) is 3. The van der Waals surface area contributed by atoms with Crippen LogP contribution in [0.1, 0.15) is 37.1 Å². The lowest BCUT2D eigenvalue weighted by molar-refractivity contribution is -0.0177. The van der Waals surface area contributed by atoms with E-state index in [2.05, 4.69) is 20.5 Å². The van der Waals surface area contributed by atoms with Gasteiger partial charge >= 0.3 is 0 Å². The lowest BCUT2D eigenvalue weighted by Gasteiger charge is -2.27. The molecule has 1 atom stereocenters. The van der Waals surface area contributed by atoms with E-state index < -0.39 is 11.4 Å². The standard InChI is InChI=1S/C28H36FN3O4/c1-22-30-13-17-32(22)15-6-18-35-26-10-9-23(19-27(26)34-2)20-31-14-5-11-28(33,12-16-31)21-36-25-8-4-3-7-24(25)29/h3-4,7-10,13,17,19,33H,5-6,11-12,14-16,18,20-21H2,1-2H3/t28-/m1/s1.